The van der Waals surface area contributed by atoms with Crippen LogP contribution < -0.4 is 5.32 Å². The molecule has 1 saturated heterocycles. The molecule has 7 nitrogen and oxygen atoms in total. The van der Waals surface area contributed by atoms with E-state index in [2.05, 4.69) is 5.32 Å². The van der Waals surface area contributed by atoms with E-state index in [0.29, 0.717) is 6.42 Å². The third-order valence-electron chi connectivity index (χ3n) is 2.86. The minimum atomic E-state index is -1.25. The number of hydrogen-bond donors (Lipinski definition) is 3. The molecule has 0 bridgehead atoms. The lowest BCUT2D eigenvalue weighted by Gasteiger charge is -2.20. The fourth-order valence-corrected chi connectivity index (χ4v) is 1.63. The van der Waals surface area contributed by atoms with Crippen LogP contribution in [-0.2, 0) is 9.59 Å². The van der Waals surface area contributed by atoms with E-state index < -0.39 is 36.0 Å². The Morgan fingerprint density at radius 2 is 2.12 bits per heavy atom. The van der Waals surface area contributed by atoms with Crippen LogP contribution in [0.4, 0.5) is 4.79 Å². The Balaban J connectivity index is 2.69. The molecule has 1 aliphatic heterocycles. The molecule has 17 heavy (non-hydrogen) atoms. The van der Waals surface area contributed by atoms with Crippen molar-refractivity contribution in [3.8, 4) is 0 Å². The molecule has 2 unspecified atom stereocenters. The fraction of sp³-hybridized carbons (Fsp3) is 0.700. The third kappa shape index (κ3) is 2.73. The second kappa shape index (κ2) is 4.70. The van der Waals surface area contributed by atoms with Gasteiger partial charge < -0.3 is 15.5 Å². The second-order valence-corrected chi connectivity index (χ2v) is 4.28. The molecule has 0 radical (unpaired) electrons. The predicted molar refractivity (Wildman–Crippen MR) is 57.2 cm³/mol. The zero-order chi connectivity index (χ0) is 13.2. The number of aliphatic carboxylic acids is 1. The molecule has 0 aromatic heterocycles. The van der Waals surface area contributed by atoms with E-state index in [-0.39, 0.29) is 6.54 Å². The smallest absolute Gasteiger partial charge is 0.325 e. The predicted octanol–water partition coefficient (Wildman–Crippen LogP) is -0.458. The molecule has 1 fully saturated rings. The largest absolute Gasteiger partial charge is 0.481 e. The minimum absolute atomic E-state index is 0.299. The van der Waals surface area contributed by atoms with Crippen molar-refractivity contribution in [3.05, 3.63) is 0 Å². The number of amides is 3. The number of carboxylic acids is 1. The topological polar surface area (TPSA) is 107 Å². The van der Waals surface area contributed by atoms with Crippen LogP contribution in [-0.4, -0.2) is 51.2 Å². The normalized spacial score (nSPS) is 25.9. The van der Waals surface area contributed by atoms with Crippen molar-refractivity contribution in [2.45, 2.75) is 38.3 Å². The van der Waals surface area contributed by atoms with Gasteiger partial charge in [0.2, 0.25) is 0 Å². The maximum atomic E-state index is 11.9. The number of carbonyl (C=O) groups excluding carboxylic acids is 2. The van der Waals surface area contributed by atoms with Gasteiger partial charge in [0, 0.05) is 0 Å². The molecular formula is C10H16N2O5. The lowest BCUT2D eigenvalue weighted by atomic mass is 9.99. The first-order valence-electron chi connectivity index (χ1n) is 5.34. The van der Waals surface area contributed by atoms with Gasteiger partial charge in [-0.2, -0.15) is 0 Å². The van der Waals surface area contributed by atoms with Crippen molar-refractivity contribution in [1.29, 1.82) is 0 Å². The number of aliphatic hydroxyl groups excluding tert-OH is 1. The summed E-state index contributed by atoms with van der Waals surface area (Å²) in [5.41, 5.74) is -0.958. The van der Waals surface area contributed by atoms with Crippen molar-refractivity contribution in [3.63, 3.8) is 0 Å². The van der Waals surface area contributed by atoms with E-state index in [1.165, 1.54) is 0 Å². The van der Waals surface area contributed by atoms with Gasteiger partial charge in [-0.15, -0.1) is 0 Å². The maximum absolute atomic E-state index is 11.9. The van der Waals surface area contributed by atoms with E-state index in [0.717, 1.165) is 4.90 Å². The average molecular weight is 244 g/mol. The summed E-state index contributed by atoms with van der Waals surface area (Å²) in [5.74, 6) is -1.61. The van der Waals surface area contributed by atoms with Gasteiger partial charge >= 0.3 is 12.0 Å². The Hall–Kier alpha value is -1.63. The molecule has 7 heteroatoms. The first-order chi connectivity index (χ1) is 7.80. The molecule has 3 amide bonds. The zero-order valence-electron chi connectivity index (χ0n) is 9.77. The van der Waals surface area contributed by atoms with Gasteiger partial charge in [-0.05, 0) is 13.3 Å². The van der Waals surface area contributed by atoms with Crippen LogP contribution in [0.2, 0.25) is 0 Å². The number of carbonyl (C=O) groups is 3. The lowest BCUT2D eigenvalue weighted by Crippen LogP contribution is -2.44. The highest BCUT2D eigenvalue weighted by Gasteiger charge is 2.46. The van der Waals surface area contributed by atoms with Crippen LogP contribution in [0.3, 0.4) is 0 Å². The van der Waals surface area contributed by atoms with Gasteiger partial charge in [-0.3, -0.25) is 14.5 Å². The SMILES string of the molecule is CCC1(C)NC(=O)N(CC(O)CC(=O)O)C1=O. The van der Waals surface area contributed by atoms with Crippen molar-refractivity contribution in [1.82, 2.24) is 10.2 Å². The highest BCUT2D eigenvalue weighted by molar-refractivity contribution is 6.06. The van der Waals surface area contributed by atoms with E-state index in [9.17, 15) is 19.5 Å². The summed E-state index contributed by atoms with van der Waals surface area (Å²) in [5, 5.41) is 20.4. The highest BCUT2D eigenvalue weighted by Crippen LogP contribution is 2.21. The molecule has 1 rings (SSSR count). The van der Waals surface area contributed by atoms with Gasteiger partial charge in [0.1, 0.15) is 5.54 Å². The Bertz CT molecular complexity index is 357. The molecule has 0 aromatic carbocycles. The van der Waals surface area contributed by atoms with Crippen LogP contribution in [0.1, 0.15) is 26.7 Å². The van der Waals surface area contributed by atoms with Crippen molar-refractivity contribution < 1.29 is 24.6 Å². The van der Waals surface area contributed by atoms with E-state index in [4.69, 9.17) is 5.11 Å². The maximum Gasteiger partial charge on any atom is 0.325 e. The summed E-state index contributed by atoms with van der Waals surface area (Å²) in [6.07, 6.45) is -1.32. The van der Waals surface area contributed by atoms with Gasteiger partial charge in [-0.25, -0.2) is 4.79 Å². The van der Waals surface area contributed by atoms with Crippen LogP contribution in [0, 0.1) is 0 Å². The van der Waals surface area contributed by atoms with Crippen LogP contribution in [0.15, 0.2) is 0 Å². The summed E-state index contributed by atoms with van der Waals surface area (Å²) in [6, 6.07) is -0.594. The molecule has 0 saturated carbocycles. The molecule has 1 heterocycles. The van der Waals surface area contributed by atoms with E-state index >= 15 is 0 Å². The number of urea groups is 1. The summed E-state index contributed by atoms with van der Waals surface area (Å²) >= 11 is 0. The van der Waals surface area contributed by atoms with Gasteiger partial charge in [0.15, 0.2) is 0 Å². The number of β-amino-alcohol motifs (C(OH)–C–C–N with tert-alkyl or cyclic N) is 1. The molecule has 0 aliphatic carbocycles. The number of nitrogens with zero attached hydrogens (tertiary/aromatic N) is 1. The number of aliphatic hydroxyl groups is 1. The number of hydrogen-bond acceptors (Lipinski definition) is 4. The number of carboxylic acid groups (broad SMARTS) is 1. The number of rotatable bonds is 5. The van der Waals surface area contributed by atoms with Gasteiger partial charge in [-0.1, -0.05) is 6.92 Å². The summed E-state index contributed by atoms with van der Waals surface area (Å²) < 4.78 is 0. The molecule has 3 N–H and O–H groups in total. The summed E-state index contributed by atoms with van der Waals surface area (Å²) in [7, 11) is 0. The van der Waals surface area contributed by atoms with Crippen molar-refractivity contribution in [2.75, 3.05) is 6.54 Å². The quantitative estimate of drug-likeness (QED) is 0.567. The molecule has 2 atom stereocenters. The third-order valence-corrected chi connectivity index (χ3v) is 2.86. The Morgan fingerprint density at radius 1 is 1.53 bits per heavy atom. The monoisotopic (exact) mass is 244 g/mol. The minimum Gasteiger partial charge on any atom is -0.481 e. The Morgan fingerprint density at radius 3 is 2.53 bits per heavy atom. The van der Waals surface area contributed by atoms with E-state index in [1.54, 1.807) is 13.8 Å². The molecular weight excluding hydrogens is 228 g/mol. The number of nitrogens with one attached hydrogen (secondary N) is 1. The van der Waals surface area contributed by atoms with Crippen LogP contribution in [0.5, 0.6) is 0 Å². The van der Waals surface area contributed by atoms with Crippen LogP contribution in [0.25, 0.3) is 0 Å². The standard InChI is InChI=1S/C10H16N2O5/c1-3-10(2)8(16)12(9(17)11-10)5-6(13)4-7(14)15/h6,13H,3-5H2,1-2H3,(H,11,17)(H,14,15). The molecule has 96 valence electrons. The Kier molecular flexibility index (Phi) is 3.72. The number of imide groups is 1. The molecule has 0 spiro atoms. The van der Waals surface area contributed by atoms with Crippen LogP contribution >= 0.6 is 0 Å². The lowest BCUT2D eigenvalue weighted by molar-refractivity contribution is -0.140. The summed E-state index contributed by atoms with van der Waals surface area (Å²) in [4.78, 5) is 34.6. The van der Waals surface area contributed by atoms with Crippen molar-refractivity contribution in [2.24, 2.45) is 0 Å². The fourth-order valence-electron chi connectivity index (χ4n) is 1.63. The zero-order valence-corrected chi connectivity index (χ0v) is 9.77. The van der Waals surface area contributed by atoms with E-state index in [1.807, 2.05) is 0 Å². The highest BCUT2D eigenvalue weighted by atomic mass is 16.4. The summed E-state index contributed by atoms with van der Waals surface area (Å²) in [6.45, 7) is 3.05. The van der Waals surface area contributed by atoms with Gasteiger partial charge in [0.25, 0.3) is 5.91 Å². The Labute approximate surface area is 98.4 Å². The second-order valence-electron chi connectivity index (χ2n) is 4.28. The first-order valence-corrected chi connectivity index (χ1v) is 5.34. The average Bonchev–Trinajstić information content (AvgIpc) is 2.42. The van der Waals surface area contributed by atoms with Gasteiger partial charge in [0.05, 0.1) is 19.1 Å². The first kappa shape index (κ1) is 13.4. The van der Waals surface area contributed by atoms with Crippen molar-refractivity contribution >= 4 is 17.9 Å². The molecule has 0 aromatic rings. The molecule has 1 aliphatic rings.